The lowest BCUT2D eigenvalue weighted by Crippen LogP contribution is -2.17. The topological polar surface area (TPSA) is 83.8 Å². The molecule has 0 radical (unpaired) electrons. The highest BCUT2D eigenvalue weighted by molar-refractivity contribution is 6.24. The van der Waals surface area contributed by atoms with Gasteiger partial charge >= 0.3 is 0 Å². The van der Waals surface area contributed by atoms with E-state index in [1.165, 1.54) is 19.2 Å². The molecule has 0 heterocycles. The van der Waals surface area contributed by atoms with Crippen LogP contribution in [-0.4, -0.2) is 28.9 Å². The van der Waals surface area contributed by atoms with Crippen LogP contribution in [-0.2, 0) is 0 Å². The van der Waals surface area contributed by atoms with Gasteiger partial charge in [0.05, 0.1) is 12.7 Å². The number of methoxy groups -OCH3 is 1. The van der Waals surface area contributed by atoms with Gasteiger partial charge in [-0.25, -0.2) is 0 Å². The van der Waals surface area contributed by atoms with Gasteiger partial charge in [-0.15, -0.1) is 0 Å². The highest BCUT2D eigenvalue weighted by atomic mass is 16.5. The molecule has 2 N–H and O–H groups in total. The Morgan fingerprint density at radius 2 is 1.88 bits per heavy atom. The molecule has 5 nitrogen and oxygen atoms in total. The summed E-state index contributed by atoms with van der Waals surface area (Å²) in [4.78, 5) is 23.0. The predicted octanol–water partition coefficient (Wildman–Crippen LogP) is 1.22. The zero-order valence-corrected chi connectivity index (χ0v) is 8.35. The molecule has 0 amide bonds. The van der Waals surface area contributed by atoms with Crippen molar-refractivity contribution in [2.45, 2.75) is 0 Å². The van der Waals surface area contributed by atoms with Gasteiger partial charge < -0.3 is 14.9 Å². The molecular weight excluding hydrogens is 212 g/mol. The number of fused-ring (bicyclic) bond motifs is 1. The molecule has 0 spiro atoms. The minimum Gasteiger partial charge on any atom is -0.507 e. The first-order valence-electron chi connectivity index (χ1n) is 4.45. The standard InChI is InChI=1S/C11H8O5/c1-16-5-2-6-7(12)4-9(14)11(15)10(6)8(13)3-5/h2-4,13-14H,1H3. The number of ether oxygens (including phenoxy) is 1. The third kappa shape index (κ3) is 1.33. The fourth-order valence-electron chi connectivity index (χ4n) is 1.55. The van der Waals surface area contributed by atoms with Gasteiger partial charge in [-0.05, 0) is 6.07 Å². The van der Waals surface area contributed by atoms with Crippen LogP contribution in [0.2, 0.25) is 0 Å². The summed E-state index contributed by atoms with van der Waals surface area (Å²) < 4.78 is 4.86. The Balaban J connectivity index is 2.72. The number of benzene rings is 1. The number of hydrogen-bond acceptors (Lipinski definition) is 5. The second kappa shape index (κ2) is 3.37. The van der Waals surface area contributed by atoms with Gasteiger partial charge in [-0.2, -0.15) is 0 Å². The summed E-state index contributed by atoms with van der Waals surface area (Å²) in [5.41, 5.74) is -0.162. The maximum atomic E-state index is 11.5. The zero-order valence-electron chi connectivity index (χ0n) is 8.35. The van der Waals surface area contributed by atoms with Crippen LogP contribution in [0.15, 0.2) is 24.0 Å². The number of phenolic OH excluding ortho intramolecular Hbond substituents is 1. The van der Waals surface area contributed by atoms with E-state index in [4.69, 9.17) is 4.74 Å². The zero-order chi connectivity index (χ0) is 11.9. The average molecular weight is 220 g/mol. The van der Waals surface area contributed by atoms with Crippen molar-refractivity contribution in [3.05, 3.63) is 35.1 Å². The maximum absolute atomic E-state index is 11.5. The van der Waals surface area contributed by atoms with E-state index in [0.717, 1.165) is 6.08 Å². The van der Waals surface area contributed by atoms with Crippen molar-refractivity contribution in [3.8, 4) is 11.5 Å². The van der Waals surface area contributed by atoms with Gasteiger partial charge in [0.1, 0.15) is 11.5 Å². The van der Waals surface area contributed by atoms with Crippen LogP contribution in [0.4, 0.5) is 0 Å². The number of hydrogen-bond donors (Lipinski definition) is 2. The van der Waals surface area contributed by atoms with Crippen LogP contribution in [0.1, 0.15) is 20.7 Å². The van der Waals surface area contributed by atoms with Gasteiger partial charge in [0.25, 0.3) is 0 Å². The second-order valence-electron chi connectivity index (χ2n) is 3.29. The molecule has 1 aromatic carbocycles. The van der Waals surface area contributed by atoms with Gasteiger partial charge in [-0.3, -0.25) is 9.59 Å². The number of aliphatic hydroxyl groups excluding tert-OH is 1. The van der Waals surface area contributed by atoms with E-state index in [-0.39, 0.29) is 22.6 Å². The molecule has 5 heteroatoms. The molecule has 0 aromatic heterocycles. The highest BCUT2D eigenvalue weighted by Crippen LogP contribution is 2.32. The van der Waals surface area contributed by atoms with Crippen molar-refractivity contribution in [2.75, 3.05) is 7.11 Å². The lowest BCUT2D eigenvalue weighted by Gasteiger charge is -2.14. The third-order valence-electron chi connectivity index (χ3n) is 2.32. The molecule has 0 aliphatic heterocycles. The van der Waals surface area contributed by atoms with Crippen LogP contribution < -0.4 is 4.74 Å². The minimum absolute atomic E-state index is 0.0275. The Labute approximate surface area is 90.6 Å². The Kier molecular flexibility index (Phi) is 2.16. The molecule has 0 saturated heterocycles. The van der Waals surface area contributed by atoms with E-state index in [9.17, 15) is 19.8 Å². The Morgan fingerprint density at radius 3 is 2.50 bits per heavy atom. The summed E-state index contributed by atoms with van der Waals surface area (Å²) >= 11 is 0. The first kappa shape index (κ1) is 10.2. The SMILES string of the molecule is COc1cc(O)c2c(c1)C(=O)C=C(O)C2=O. The fourth-order valence-corrected chi connectivity index (χ4v) is 1.55. The fraction of sp³-hybridized carbons (Fsp3) is 0.0909. The number of carbonyl (C=O) groups excluding carboxylic acids is 2. The lowest BCUT2D eigenvalue weighted by molar-refractivity contribution is 0.0936. The summed E-state index contributed by atoms with van der Waals surface area (Å²) in [6, 6.07) is 2.56. The van der Waals surface area contributed by atoms with E-state index in [2.05, 4.69) is 0 Å². The lowest BCUT2D eigenvalue weighted by atomic mass is 9.92. The Hall–Kier alpha value is -2.30. The highest BCUT2D eigenvalue weighted by Gasteiger charge is 2.29. The first-order valence-corrected chi connectivity index (χ1v) is 4.45. The van der Waals surface area contributed by atoms with Crippen molar-refractivity contribution in [1.82, 2.24) is 0 Å². The van der Waals surface area contributed by atoms with Crippen molar-refractivity contribution in [2.24, 2.45) is 0 Å². The van der Waals surface area contributed by atoms with Crippen LogP contribution >= 0.6 is 0 Å². The molecule has 0 unspecified atom stereocenters. The average Bonchev–Trinajstić information content (AvgIpc) is 2.25. The number of aliphatic hydroxyl groups is 1. The van der Waals surface area contributed by atoms with Crippen molar-refractivity contribution >= 4 is 11.6 Å². The monoisotopic (exact) mass is 220 g/mol. The quantitative estimate of drug-likeness (QED) is 0.743. The molecule has 1 aliphatic rings. The Morgan fingerprint density at radius 1 is 1.19 bits per heavy atom. The molecule has 82 valence electrons. The molecule has 0 fully saturated rings. The van der Waals surface area contributed by atoms with Gasteiger partial charge in [0.15, 0.2) is 11.5 Å². The largest absolute Gasteiger partial charge is 0.507 e. The normalized spacial score (nSPS) is 14.4. The number of allylic oxidation sites excluding steroid dienone is 2. The summed E-state index contributed by atoms with van der Waals surface area (Å²) in [5.74, 6) is -2.09. The number of aromatic hydroxyl groups is 1. The van der Waals surface area contributed by atoms with E-state index in [0.29, 0.717) is 0 Å². The molecule has 1 aromatic rings. The smallest absolute Gasteiger partial charge is 0.231 e. The van der Waals surface area contributed by atoms with Gasteiger partial charge in [0, 0.05) is 17.7 Å². The summed E-state index contributed by atoms with van der Waals surface area (Å²) in [6.45, 7) is 0. The van der Waals surface area contributed by atoms with Crippen molar-refractivity contribution in [3.63, 3.8) is 0 Å². The maximum Gasteiger partial charge on any atom is 0.231 e. The predicted molar refractivity (Wildman–Crippen MR) is 54.0 cm³/mol. The van der Waals surface area contributed by atoms with E-state index in [1.807, 2.05) is 0 Å². The van der Waals surface area contributed by atoms with E-state index in [1.54, 1.807) is 0 Å². The van der Waals surface area contributed by atoms with Crippen LogP contribution in [0.5, 0.6) is 11.5 Å². The number of carbonyl (C=O) groups is 2. The second-order valence-corrected chi connectivity index (χ2v) is 3.29. The van der Waals surface area contributed by atoms with Crippen molar-refractivity contribution in [1.29, 1.82) is 0 Å². The molecule has 0 saturated carbocycles. The number of Topliss-reactive ketones (excluding diaryl/α,β-unsaturated/α-hetero) is 1. The van der Waals surface area contributed by atoms with Gasteiger partial charge in [-0.1, -0.05) is 0 Å². The summed E-state index contributed by atoms with van der Waals surface area (Å²) in [6.07, 6.45) is 0.823. The van der Waals surface area contributed by atoms with Crippen LogP contribution in [0, 0.1) is 0 Å². The third-order valence-corrected chi connectivity index (χ3v) is 2.32. The molecule has 0 bridgehead atoms. The van der Waals surface area contributed by atoms with Crippen molar-refractivity contribution < 1.29 is 24.5 Å². The number of rotatable bonds is 1. The van der Waals surface area contributed by atoms with Crippen LogP contribution in [0.25, 0.3) is 0 Å². The first-order chi connectivity index (χ1) is 7.54. The molecule has 0 atom stereocenters. The van der Waals surface area contributed by atoms with Gasteiger partial charge in [0.2, 0.25) is 5.78 Å². The minimum atomic E-state index is -0.769. The molecule has 16 heavy (non-hydrogen) atoms. The molecule has 2 rings (SSSR count). The van der Waals surface area contributed by atoms with Crippen LogP contribution in [0.3, 0.4) is 0 Å². The van der Waals surface area contributed by atoms with E-state index >= 15 is 0 Å². The summed E-state index contributed by atoms with van der Waals surface area (Å²) in [7, 11) is 1.38. The summed E-state index contributed by atoms with van der Waals surface area (Å²) in [5, 5.41) is 18.8. The van der Waals surface area contributed by atoms with E-state index < -0.39 is 17.3 Å². The number of ketones is 2. The molecule has 1 aliphatic carbocycles. The Bertz CT molecular complexity index is 527. The number of phenols is 1. The molecular formula is C11H8O5.